The Kier molecular flexibility index (Phi) is 7.88. The second kappa shape index (κ2) is 10.4. The average Bonchev–Trinajstić information content (AvgIpc) is 2.69. The minimum atomic E-state index is -0.637. The lowest BCUT2D eigenvalue weighted by molar-refractivity contribution is 0.0470. The van der Waals surface area contributed by atoms with Crippen LogP contribution in [0.1, 0.15) is 25.3 Å². The first-order valence-electron chi connectivity index (χ1n) is 10.3. The van der Waals surface area contributed by atoms with E-state index in [1.54, 1.807) is 0 Å². The number of halogens is 1. The van der Waals surface area contributed by atoms with E-state index in [0.29, 0.717) is 26.0 Å². The Hall–Kier alpha value is -1.21. The maximum Gasteiger partial charge on any atom is 0.119 e. The van der Waals surface area contributed by atoms with Gasteiger partial charge in [-0.3, -0.25) is 9.80 Å². The smallest absolute Gasteiger partial charge is 0.119 e. The van der Waals surface area contributed by atoms with Crippen LogP contribution in [0, 0.1) is 0 Å². The van der Waals surface area contributed by atoms with Gasteiger partial charge in [0, 0.05) is 52.4 Å². The molecule has 2 aliphatic heterocycles. The van der Waals surface area contributed by atoms with Gasteiger partial charge in [0.25, 0.3) is 0 Å². The third-order valence-electron chi connectivity index (χ3n) is 5.65. The molecule has 6 heteroatoms. The van der Waals surface area contributed by atoms with Crippen molar-refractivity contribution in [3.8, 4) is 5.75 Å². The van der Waals surface area contributed by atoms with Crippen LogP contribution in [0.3, 0.4) is 0 Å². The molecule has 0 aliphatic carbocycles. The summed E-state index contributed by atoms with van der Waals surface area (Å²) in [7, 11) is 0. The molecule has 1 atom stereocenters. The Labute approximate surface area is 162 Å². The highest BCUT2D eigenvalue weighted by Gasteiger charge is 2.19. The zero-order valence-corrected chi connectivity index (χ0v) is 16.5. The van der Waals surface area contributed by atoms with Gasteiger partial charge in [-0.15, -0.1) is 0 Å². The summed E-state index contributed by atoms with van der Waals surface area (Å²) >= 11 is 0. The van der Waals surface area contributed by atoms with Gasteiger partial charge < -0.3 is 14.7 Å². The predicted molar refractivity (Wildman–Crippen MR) is 106 cm³/mol. The second-order valence-electron chi connectivity index (χ2n) is 7.80. The quantitative estimate of drug-likeness (QED) is 0.748. The summed E-state index contributed by atoms with van der Waals surface area (Å²) in [4.78, 5) is 7.03. The zero-order valence-electron chi connectivity index (χ0n) is 16.5. The number of aliphatic hydroxyl groups excluding tert-OH is 1. The predicted octanol–water partition coefficient (Wildman–Crippen LogP) is 2.00. The number of piperidine rings is 1. The summed E-state index contributed by atoms with van der Waals surface area (Å²) in [6.45, 7) is 10.9. The van der Waals surface area contributed by atoms with E-state index in [0.717, 1.165) is 58.1 Å². The van der Waals surface area contributed by atoms with Gasteiger partial charge >= 0.3 is 0 Å². The Balaban J connectivity index is 1.40. The van der Waals surface area contributed by atoms with Crippen LogP contribution in [0.4, 0.5) is 4.39 Å². The molecule has 0 radical (unpaired) electrons. The van der Waals surface area contributed by atoms with Gasteiger partial charge in [0.1, 0.15) is 24.6 Å². The first kappa shape index (κ1) is 20.5. The normalized spacial score (nSPS) is 22.0. The number of aliphatic hydroxyl groups is 1. The molecular weight excluding hydrogens is 345 g/mol. The molecule has 2 fully saturated rings. The Morgan fingerprint density at radius 2 is 1.78 bits per heavy atom. The first-order chi connectivity index (χ1) is 13.1. The second-order valence-corrected chi connectivity index (χ2v) is 7.80. The molecule has 152 valence electrons. The summed E-state index contributed by atoms with van der Waals surface area (Å²) < 4.78 is 19.1. The molecule has 1 aromatic carbocycles. The fraction of sp³-hybridized carbons (Fsp3) is 0.714. The minimum absolute atomic E-state index is 0.310. The first-order valence-corrected chi connectivity index (χ1v) is 10.3. The van der Waals surface area contributed by atoms with E-state index < -0.39 is 12.3 Å². The minimum Gasteiger partial charge on any atom is -0.491 e. The zero-order chi connectivity index (χ0) is 19.1. The van der Waals surface area contributed by atoms with Crippen molar-refractivity contribution in [2.45, 2.75) is 38.6 Å². The number of nitrogens with zero attached hydrogens (tertiary/aromatic N) is 3. The highest BCUT2D eigenvalue weighted by molar-refractivity contribution is 5.28. The molecule has 1 N–H and O–H groups in total. The molecule has 0 aromatic heterocycles. The van der Waals surface area contributed by atoms with Gasteiger partial charge in [0.15, 0.2) is 0 Å². The maximum atomic E-state index is 13.3. The van der Waals surface area contributed by atoms with Gasteiger partial charge in [0.05, 0.1) is 0 Å². The number of β-amino-alcohol motifs (C(OH)–C–C–N with tert-alkyl or cyclic N) is 1. The Bertz CT molecular complexity index is 558. The molecular formula is C21H34FN3O2. The molecule has 0 amide bonds. The van der Waals surface area contributed by atoms with Crippen molar-refractivity contribution >= 4 is 0 Å². The molecule has 2 aliphatic rings. The van der Waals surface area contributed by atoms with Crippen molar-refractivity contribution in [3.05, 3.63) is 29.8 Å². The average molecular weight is 380 g/mol. The van der Waals surface area contributed by atoms with Gasteiger partial charge in [-0.2, -0.15) is 0 Å². The third-order valence-corrected chi connectivity index (χ3v) is 5.65. The number of hydrogen-bond donors (Lipinski definition) is 1. The van der Waals surface area contributed by atoms with E-state index in [1.807, 2.05) is 18.2 Å². The van der Waals surface area contributed by atoms with E-state index in [-0.39, 0.29) is 0 Å². The van der Waals surface area contributed by atoms with Crippen LogP contribution >= 0.6 is 0 Å². The summed E-state index contributed by atoms with van der Waals surface area (Å²) in [6, 6.07) is 8.04. The lowest BCUT2D eigenvalue weighted by Crippen LogP contribution is -2.49. The number of likely N-dealkylation sites (N-methyl/N-ethyl adjacent to an activating group) is 1. The largest absolute Gasteiger partial charge is 0.491 e. The highest BCUT2D eigenvalue weighted by atomic mass is 19.1. The van der Waals surface area contributed by atoms with Crippen LogP contribution in [0.2, 0.25) is 0 Å². The lowest BCUT2D eigenvalue weighted by atomic mass is 10.1. The lowest BCUT2D eigenvalue weighted by Gasteiger charge is -2.34. The summed E-state index contributed by atoms with van der Waals surface area (Å²) in [5.74, 6) is 0.794. The molecule has 2 heterocycles. The number of likely N-dealkylation sites (tertiary alicyclic amines) is 1. The standard InChI is InChI=1S/C21H34FN3O2/c1-2-23-10-12-25(13-11-23)16-20(26)17-27-21-5-3-4-18(14-21)15-24-8-6-19(22)7-9-24/h3-5,14,19-20,26H,2,6-13,15-17H2,1H3/t20-/m0/s1. The van der Waals surface area contributed by atoms with Crippen LogP contribution in [-0.2, 0) is 6.54 Å². The summed E-state index contributed by atoms with van der Waals surface area (Å²) in [5, 5.41) is 10.3. The molecule has 0 bridgehead atoms. The third kappa shape index (κ3) is 6.71. The Morgan fingerprint density at radius 3 is 2.48 bits per heavy atom. The van der Waals surface area contributed by atoms with E-state index in [9.17, 15) is 9.50 Å². The van der Waals surface area contributed by atoms with E-state index in [2.05, 4.69) is 27.7 Å². The molecule has 0 saturated carbocycles. The number of ether oxygens (including phenoxy) is 1. The molecule has 1 aromatic rings. The number of benzene rings is 1. The number of rotatable bonds is 8. The van der Waals surface area contributed by atoms with E-state index >= 15 is 0 Å². The summed E-state index contributed by atoms with van der Waals surface area (Å²) in [5.41, 5.74) is 1.18. The fourth-order valence-corrected chi connectivity index (χ4v) is 3.88. The van der Waals surface area contributed by atoms with E-state index in [4.69, 9.17) is 4.74 Å². The molecule has 0 unspecified atom stereocenters. The molecule has 5 nitrogen and oxygen atoms in total. The maximum absolute atomic E-state index is 13.3. The van der Waals surface area contributed by atoms with Crippen LogP contribution in [0.5, 0.6) is 5.75 Å². The SMILES string of the molecule is CCN1CCN(C[C@H](O)COc2cccc(CN3CCC(F)CC3)c2)CC1. The number of alkyl halides is 1. The highest BCUT2D eigenvalue weighted by Crippen LogP contribution is 2.19. The fourth-order valence-electron chi connectivity index (χ4n) is 3.88. The van der Waals surface area contributed by atoms with Crippen LogP contribution in [-0.4, -0.2) is 91.0 Å². The molecule has 27 heavy (non-hydrogen) atoms. The van der Waals surface area contributed by atoms with Crippen LogP contribution in [0.25, 0.3) is 0 Å². The van der Waals surface area contributed by atoms with E-state index in [1.165, 1.54) is 5.56 Å². The van der Waals surface area contributed by atoms with Gasteiger partial charge in [-0.1, -0.05) is 19.1 Å². The molecule has 0 spiro atoms. The van der Waals surface area contributed by atoms with Crippen molar-refractivity contribution in [3.63, 3.8) is 0 Å². The molecule has 2 saturated heterocycles. The van der Waals surface area contributed by atoms with Crippen molar-refractivity contribution in [2.24, 2.45) is 0 Å². The molecule has 3 rings (SSSR count). The topological polar surface area (TPSA) is 39.2 Å². The van der Waals surface area contributed by atoms with Gasteiger partial charge in [-0.25, -0.2) is 4.39 Å². The van der Waals surface area contributed by atoms with Gasteiger partial charge in [0.2, 0.25) is 0 Å². The van der Waals surface area contributed by atoms with Crippen molar-refractivity contribution < 1.29 is 14.2 Å². The van der Waals surface area contributed by atoms with Crippen molar-refractivity contribution in [1.29, 1.82) is 0 Å². The van der Waals surface area contributed by atoms with Crippen LogP contribution in [0.15, 0.2) is 24.3 Å². The number of piperazine rings is 1. The Morgan fingerprint density at radius 1 is 1.07 bits per heavy atom. The van der Waals surface area contributed by atoms with Crippen molar-refractivity contribution in [1.82, 2.24) is 14.7 Å². The monoisotopic (exact) mass is 379 g/mol. The number of hydrogen-bond acceptors (Lipinski definition) is 5. The van der Waals surface area contributed by atoms with Gasteiger partial charge in [-0.05, 0) is 37.1 Å². The van der Waals surface area contributed by atoms with Crippen molar-refractivity contribution in [2.75, 3.05) is 59.0 Å². The summed E-state index contributed by atoms with van der Waals surface area (Å²) in [6.07, 6.45) is 0.150. The van der Waals surface area contributed by atoms with Crippen LogP contribution < -0.4 is 4.74 Å².